The van der Waals surface area contributed by atoms with Gasteiger partial charge in [0, 0.05) is 16.6 Å². The molecular formula is C23H26ClNO4S. The number of rotatable bonds is 9. The molecule has 0 saturated heterocycles. The Kier molecular flexibility index (Phi) is 7.45. The first-order valence-electron chi connectivity index (χ1n) is 9.77. The number of halogens is 1. The van der Waals surface area contributed by atoms with Crippen LogP contribution < -0.4 is 19.5 Å². The van der Waals surface area contributed by atoms with E-state index in [9.17, 15) is 4.79 Å². The number of amides is 1. The minimum atomic E-state index is -0.212. The highest BCUT2D eigenvalue weighted by Gasteiger charge is 2.17. The van der Waals surface area contributed by atoms with Crippen LogP contribution in [-0.4, -0.2) is 26.7 Å². The number of fused-ring (bicyclic) bond motifs is 1. The summed E-state index contributed by atoms with van der Waals surface area (Å²) in [6.45, 7) is 5.31. The molecule has 0 aliphatic heterocycles. The Hall–Kier alpha value is -2.44. The van der Waals surface area contributed by atoms with Crippen LogP contribution in [0.15, 0.2) is 36.4 Å². The number of benzene rings is 2. The van der Waals surface area contributed by atoms with Crippen molar-refractivity contribution in [2.24, 2.45) is 5.92 Å². The van der Waals surface area contributed by atoms with Crippen LogP contribution in [-0.2, 0) is 6.54 Å². The van der Waals surface area contributed by atoms with Crippen molar-refractivity contribution in [2.45, 2.75) is 26.8 Å². The molecule has 0 aliphatic carbocycles. The fourth-order valence-corrected chi connectivity index (χ4v) is 4.39. The van der Waals surface area contributed by atoms with Crippen molar-refractivity contribution in [2.75, 3.05) is 20.8 Å². The first-order valence-corrected chi connectivity index (χ1v) is 11.0. The zero-order valence-corrected chi connectivity index (χ0v) is 19.2. The number of ether oxygens (including phenoxy) is 3. The Morgan fingerprint density at radius 1 is 1.10 bits per heavy atom. The highest BCUT2D eigenvalue weighted by molar-refractivity contribution is 7.21. The Labute approximate surface area is 185 Å². The molecule has 1 amide bonds. The van der Waals surface area contributed by atoms with Crippen LogP contribution in [0, 0.1) is 5.92 Å². The fourth-order valence-electron chi connectivity index (χ4n) is 2.93. The number of hydrogen-bond acceptors (Lipinski definition) is 5. The summed E-state index contributed by atoms with van der Waals surface area (Å²) >= 11 is 7.79. The van der Waals surface area contributed by atoms with Crippen LogP contribution in [0.4, 0.5) is 0 Å². The molecule has 3 aromatic rings. The lowest BCUT2D eigenvalue weighted by molar-refractivity contribution is 0.0955. The minimum Gasteiger partial charge on any atom is -0.497 e. The van der Waals surface area contributed by atoms with E-state index in [4.69, 9.17) is 25.8 Å². The van der Waals surface area contributed by atoms with Gasteiger partial charge in [-0.3, -0.25) is 4.79 Å². The summed E-state index contributed by atoms with van der Waals surface area (Å²) in [7, 11) is 3.22. The van der Waals surface area contributed by atoms with Crippen molar-refractivity contribution >= 4 is 38.9 Å². The van der Waals surface area contributed by atoms with Gasteiger partial charge in [0.25, 0.3) is 5.91 Å². The van der Waals surface area contributed by atoms with E-state index < -0.39 is 0 Å². The molecule has 30 heavy (non-hydrogen) atoms. The lowest BCUT2D eigenvalue weighted by Gasteiger charge is -2.13. The summed E-state index contributed by atoms with van der Waals surface area (Å²) in [5, 5.41) is 4.24. The molecule has 0 fully saturated rings. The third kappa shape index (κ3) is 5.18. The second-order valence-electron chi connectivity index (χ2n) is 7.31. The molecule has 0 radical (unpaired) electrons. The lowest BCUT2D eigenvalue weighted by atomic mass is 10.1. The summed E-state index contributed by atoms with van der Waals surface area (Å²) in [6.07, 6.45) is 0.975. The topological polar surface area (TPSA) is 56.8 Å². The number of methoxy groups -OCH3 is 2. The molecule has 0 atom stereocenters. The van der Waals surface area contributed by atoms with Crippen molar-refractivity contribution in [1.29, 1.82) is 0 Å². The number of carbonyl (C=O) groups is 1. The summed E-state index contributed by atoms with van der Waals surface area (Å²) in [4.78, 5) is 13.2. The second kappa shape index (κ2) is 10.0. The van der Waals surface area contributed by atoms with E-state index in [0.717, 1.165) is 27.8 Å². The van der Waals surface area contributed by atoms with Gasteiger partial charge in [-0.25, -0.2) is 0 Å². The molecular weight excluding hydrogens is 422 g/mol. The fraction of sp³-hybridized carbons (Fsp3) is 0.348. The molecule has 0 aliphatic rings. The number of carbonyl (C=O) groups excluding carboxylic acids is 1. The quantitative estimate of drug-likeness (QED) is 0.442. The third-order valence-corrected chi connectivity index (χ3v) is 6.33. The van der Waals surface area contributed by atoms with Gasteiger partial charge in [-0.1, -0.05) is 31.5 Å². The Morgan fingerprint density at radius 3 is 2.60 bits per heavy atom. The van der Waals surface area contributed by atoms with Gasteiger partial charge in [0.15, 0.2) is 11.5 Å². The first-order chi connectivity index (χ1) is 14.4. The Morgan fingerprint density at radius 2 is 1.90 bits per heavy atom. The maximum Gasteiger partial charge on any atom is 0.263 e. The second-order valence-corrected chi connectivity index (χ2v) is 8.74. The molecule has 1 heterocycles. The Balaban J connectivity index is 1.68. The standard InChI is InChI=1S/C23H26ClNO4S/c1-14(2)9-10-29-18-8-5-15(11-19(18)28-4)13-25-23(26)22-21(24)17-7-6-16(27-3)12-20(17)30-22/h5-8,11-12,14H,9-10,13H2,1-4H3,(H,25,26). The van der Waals surface area contributed by atoms with E-state index in [-0.39, 0.29) is 5.91 Å². The zero-order chi connectivity index (χ0) is 21.7. The van der Waals surface area contributed by atoms with Crippen LogP contribution >= 0.6 is 22.9 Å². The van der Waals surface area contributed by atoms with Crippen molar-refractivity contribution in [3.63, 3.8) is 0 Å². The summed E-state index contributed by atoms with van der Waals surface area (Å²) in [5.41, 5.74) is 0.912. The van der Waals surface area contributed by atoms with E-state index >= 15 is 0 Å². The smallest absolute Gasteiger partial charge is 0.263 e. The third-order valence-electron chi connectivity index (χ3n) is 4.68. The van der Waals surface area contributed by atoms with Crippen LogP contribution in [0.2, 0.25) is 5.02 Å². The maximum absolute atomic E-state index is 12.7. The average Bonchev–Trinajstić information content (AvgIpc) is 3.08. The first kappa shape index (κ1) is 22.2. The van der Waals surface area contributed by atoms with Crippen molar-refractivity contribution < 1.29 is 19.0 Å². The summed E-state index contributed by atoms with van der Waals surface area (Å²) in [6, 6.07) is 11.3. The monoisotopic (exact) mass is 447 g/mol. The van der Waals surface area contributed by atoms with Gasteiger partial charge in [0.2, 0.25) is 0 Å². The molecule has 160 valence electrons. The zero-order valence-electron chi connectivity index (χ0n) is 17.6. The van der Waals surface area contributed by atoms with Crippen LogP contribution in [0.1, 0.15) is 35.5 Å². The highest BCUT2D eigenvalue weighted by atomic mass is 35.5. The van der Waals surface area contributed by atoms with Crippen molar-refractivity contribution in [1.82, 2.24) is 5.32 Å². The molecule has 0 spiro atoms. The van der Waals surface area contributed by atoms with Gasteiger partial charge in [0.05, 0.1) is 25.8 Å². The molecule has 0 saturated carbocycles. The van der Waals surface area contributed by atoms with Gasteiger partial charge in [-0.2, -0.15) is 0 Å². The molecule has 3 rings (SSSR count). The molecule has 1 N–H and O–H groups in total. The van der Waals surface area contributed by atoms with Gasteiger partial charge in [-0.15, -0.1) is 11.3 Å². The number of nitrogens with one attached hydrogen (secondary N) is 1. The maximum atomic E-state index is 12.7. The van der Waals surface area contributed by atoms with Gasteiger partial charge in [0.1, 0.15) is 10.6 Å². The molecule has 2 aromatic carbocycles. The molecule has 7 heteroatoms. The predicted molar refractivity (Wildman–Crippen MR) is 123 cm³/mol. The summed E-state index contributed by atoms with van der Waals surface area (Å²) in [5.74, 6) is 2.45. The van der Waals surface area contributed by atoms with Crippen molar-refractivity contribution in [3.05, 3.63) is 51.9 Å². The molecule has 0 unspecified atom stereocenters. The Bertz CT molecular complexity index is 1030. The SMILES string of the molecule is COc1ccc2c(Cl)c(C(=O)NCc3ccc(OCCC(C)C)c(OC)c3)sc2c1. The van der Waals surface area contributed by atoms with E-state index in [2.05, 4.69) is 19.2 Å². The van der Waals surface area contributed by atoms with Gasteiger partial charge >= 0.3 is 0 Å². The summed E-state index contributed by atoms with van der Waals surface area (Å²) < 4.78 is 17.4. The van der Waals surface area contributed by atoms with E-state index in [0.29, 0.717) is 40.5 Å². The molecule has 5 nitrogen and oxygen atoms in total. The normalized spacial score (nSPS) is 11.0. The average molecular weight is 448 g/mol. The van der Waals surface area contributed by atoms with Crippen LogP contribution in [0.3, 0.4) is 0 Å². The van der Waals surface area contributed by atoms with E-state index in [1.807, 2.05) is 36.4 Å². The lowest BCUT2D eigenvalue weighted by Crippen LogP contribution is -2.22. The highest BCUT2D eigenvalue weighted by Crippen LogP contribution is 2.37. The van der Waals surface area contributed by atoms with Gasteiger partial charge in [-0.05, 0) is 48.2 Å². The minimum absolute atomic E-state index is 0.212. The molecule has 1 aromatic heterocycles. The van der Waals surface area contributed by atoms with E-state index in [1.54, 1.807) is 14.2 Å². The van der Waals surface area contributed by atoms with Crippen molar-refractivity contribution in [3.8, 4) is 17.2 Å². The van der Waals surface area contributed by atoms with Crippen LogP contribution in [0.5, 0.6) is 17.2 Å². The number of hydrogen-bond donors (Lipinski definition) is 1. The molecule has 0 bridgehead atoms. The largest absolute Gasteiger partial charge is 0.497 e. The van der Waals surface area contributed by atoms with Gasteiger partial charge < -0.3 is 19.5 Å². The number of thiophene rings is 1. The predicted octanol–water partition coefficient (Wildman–Crippen LogP) is 5.93. The van der Waals surface area contributed by atoms with Crippen LogP contribution in [0.25, 0.3) is 10.1 Å². The van der Waals surface area contributed by atoms with E-state index in [1.165, 1.54) is 11.3 Å².